The first-order valence-corrected chi connectivity index (χ1v) is 14.7. The number of amides is 2. The number of nitrogens with one attached hydrogen (secondary N) is 2. The Bertz CT molecular complexity index is 1460. The van der Waals surface area contributed by atoms with Crippen LogP contribution in [0.25, 0.3) is 0 Å². The molecule has 0 radical (unpaired) electrons. The molecule has 0 unspecified atom stereocenters. The number of methoxy groups -OCH3 is 1. The number of carbonyl (C=O) groups excluding carboxylic acids is 2. The molecule has 1 fully saturated rings. The average molecular weight is 609 g/mol. The highest BCUT2D eigenvalue weighted by Gasteiger charge is 2.24. The van der Waals surface area contributed by atoms with Gasteiger partial charge in [-0.25, -0.2) is 0 Å². The molecule has 228 valence electrons. The number of ether oxygens (including phenoxy) is 1. The van der Waals surface area contributed by atoms with E-state index in [1.54, 1.807) is 19.2 Å². The normalized spacial score (nSPS) is 13.1. The van der Waals surface area contributed by atoms with Crippen molar-refractivity contribution in [2.75, 3.05) is 74.6 Å². The monoisotopic (exact) mass is 608 g/mol. The lowest BCUT2D eigenvalue weighted by atomic mass is 10.1. The van der Waals surface area contributed by atoms with Gasteiger partial charge in [0.15, 0.2) is 0 Å². The predicted molar refractivity (Wildman–Crippen MR) is 170 cm³/mol. The number of rotatable bonds is 12. The largest absolute Gasteiger partial charge is 0.495 e. The van der Waals surface area contributed by atoms with Gasteiger partial charge in [0.25, 0.3) is 17.5 Å². The fourth-order valence-corrected chi connectivity index (χ4v) is 5.30. The average Bonchev–Trinajstić information content (AvgIpc) is 3.03. The summed E-state index contributed by atoms with van der Waals surface area (Å²) < 4.78 is 5.55. The molecule has 1 saturated heterocycles. The Hall–Kier alpha value is -4.35. The van der Waals surface area contributed by atoms with Crippen LogP contribution in [0.1, 0.15) is 34.6 Å². The van der Waals surface area contributed by atoms with Gasteiger partial charge in [0.05, 0.1) is 23.3 Å². The summed E-state index contributed by atoms with van der Waals surface area (Å²) in [7, 11) is 1.66. The molecule has 0 aliphatic carbocycles. The highest BCUT2D eigenvalue weighted by molar-refractivity contribution is 6.32. The number of anilines is 3. The molecule has 2 amide bonds. The predicted octanol–water partition coefficient (Wildman–Crippen LogP) is 4.91. The van der Waals surface area contributed by atoms with Crippen molar-refractivity contribution in [1.29, 1.82) is 0 Å². The summed E-state index contributed by atoms with van der Waals surface area (Å²) in [5.74, 6) is 0.0220. The topological polar surface area (TPSA) is 120 Å². The van der Waals surface area contributed by atoms with Gasteiger partial charge in [-0.15, -0.1) is 0 Å². The minimum absolute atomic E-state index is 0.0552. The fourth-order valence-electron chi connectivity index (χ4n) is 5.11. The van der Waals surface area contributed by atoms with Crippen LogP contribution in [0.15, 0.2) is 60.7 Å². The molecule has 2 N–H and O–H groups in total. The summed E-state index contributed by atoms with van der Waals surface area (Å²) in [6, 6.07) is 17.0. The van der Waals surface area contributed by atoms with Gasteiger partial charge in [0.1, 0.15) is 10.8 Å². The van der Waals surface area contributed by atoms with Gasteiger partial charge < -0.3 is 30.1 Å². The second-order valence-corrected chi connectivity index (χ2v) is 10.4. The van der Waals surface area contributed by atoms with Crippen LogP contribution in [-0.4, -0.2) is 81.1 Å². The molecule has 3 aromatic rings. The third-order valence-electron chi connectivity index (χ3n) is 7.56. The minimum Gasteiger partial charge on any atom is -0.495 e. The van der Waals surface area contributed by atoms with E-state index >= 15 is 0 Å². The molecule has 0 saturated carbocycles. The number of nitrogens with zero attached hydrogens (tertiary/aromatic N) is 4. The zero-order chi connectivity index (χ0) is 30.9. The van der Waals surface area contributed by atoms with Crippen molar-refractivity contribution >= 4 is 46.2 Å². The molecular weight excluding hydrogens is 572 g/mol. The van der Waals surface area contributed by atoms with Gasteiger partial charge in [-0.3, -0.25) is 19.7 Å². The second kappa shape index (κ2) is 14.7. The summed E-state index contributed by atoms with van der Waals surface area (Å²) in [4.78, 5) is 43.8. The summed E-state index contributed by atoms with van der Waals surface area (Å²) >= 11 is 5.91. The zero-order valence-corrected chi connectivity index (χ0v) is 25.4. The van der Waals surface area contributed by atoms with Crippen molar-refractivity contribution in [1.82, 2.24) is 10.2 Å². The number of para-hydroxylation sites is 2. The van der Waals surface area contributed by atoms with Crippen LogP contribution in [0, 0.1) is 10.1 Å². The first kappa shape index (κ1) is 31.6. The van der Waals surface area contributed by atoms with Crippen LogP contribution >= 0.6 is 11.6 Å². The van der Waals surface area contributed by atoms with Crippen molar-refractivity contribution in [3.63, 3.8) is 0 Å². The van der Waals surface area contributed by atoms with Crippen molar-refractivity contribution in [3.05, 3.63) is 86.9 Å². The maximum atomic E-state index is 13.5. The van der Waals surface area contributed by atoms with Crippen LogP contribution in [0.5, 0.6) is 5.75 Å². The number of nitro groups is 1. The lowest BCUT2D eigenvalue weighted by Gasteiger charge is -2.38. The molecular formula is C31H37ClN6O5. The number of hydrogen-bond acceptors (Lipinski definition) is 8. The number of benzene rings is 3. The fraction of sp³-hybridized carbons (Fsp3) is 0.355. The van der Waals surface area contributed by atoms with Gasteiger partial charge in [-0.2, -0.15) is 0 Å². The molecule has 0 spiro atoms. The smallest absolute Gasteiger partial charge is 0.288 e. The van der Waals surface area contributed by atoms with E-state index < -0.39 is 10.8 Å². The number of hydrogen-bond donors (Lipinski definition) is 2. The van der Waals surface area contributed by atoms with E-state index in [1.165, 1.54) is 12.1 Å². The molecule has 43 heavy (non-hydrogen) atoms. The standard InChI is InChI=1S/C31H37ClN6O5/c1-4-35(5-2)15-14-33-31(40)24-21-23(34-30(39)22-10-12-25(32)28(20-22)38(41)42)11-13-26(24)36-16-18-37(19-17-36)27-8-6-7-9-29(27)43-3/h6-13,20-21H,4-5,14-19H2,1-3H3,(H,33,40)(H,34,39). The summed E-state index contributed by atoms with van der Waals surface area (Å²) in [6.07, 6.45) is 0. The van der Waals surface area contributed by atoms with Crippen LogP contribution < -0.4 is 25.2 Å². The van der Waals surface area contributed by atoms with Crippen molar-refractivity contribution in [3.8, 4) is 5.75 Å². The minimum atomic E-state index is -0.637. The lowest BCUT2D eigenvalue weighted by molar-refractivity contribution is -0.384. The number of piperazine rings is 1. The van der Waals surface area contributed by atoms with Crippen molar-refractivity contribution < 1.29 is 19.2 Å². The van der Waals surface area contributed by atoms with Crippen molar-refractivity contribution in [2.45, 2.75) is 13.8 Å². The van der Waals surface area contributed by atoms with E-state index in [4.69, 9.17) is 16.3 Å². The van der Waals surface area contributed by atoms with Crippen molar-refractivity contribution in [2.24, 2.45) is 0 Å². The van der Waals surface area contributed by atoms with E-state index in [1.807, 2.05) is 30.3 Å². The van der Waals surface area contributed by atoms with Gasteiger partial charge >= 0.3 is 0 Å². The number of halogens is 1. The Balaban J connectivity index is 1.55. The van der Waals surface area contributed by atoms with Crippen LogP contribution in [-0.2, 0) is 0 Å². The molecule has 3 aromatic carbocycles. The molecule has 0 bridgehead atoms. The van der Waals surface area contributed by atoms with Gasteiger partial charge in [-0.05, 0) is 55.6 Å². The molecule has 1 heterocycles. The summed E-state index contributed by atoms with van der Waals surface area (Å²) in [6.45, 7) is 9.95. The quantitative estimate of drug-likeness (QED) is 0.220. The maximum Gasteiger partial charge on any atom is 0.288 e. The van der Waals surface area contributed by atoms with E-state index in [-0.39, 0.29) is 22.2 Å². The molecule has 0 aromatic heterocycles. The van der Waals surface area contributed by atoms with E-state index in [0.29, 0.717) is 30.9 Å². The highest BCUT2D eigenvalue weighted by Crippen LogP contribution is 2.31. The van der Waals surface area contributed by atoms with Crippen LogP contribution in [0.3, 0.4) is 0 Å². The Labute approximate surface area is 256 Å². The third kappa shape index (κ3) is 7.74. The number of likely N-dealkylation sites (N-methyl/N-ethyl adjacent to an activating group) is 1. The summed E-state index contributed by atoms with van der Waals surface area (Å²) in [5.41, 5.74) is 2.35. The van der Waals surface area contributed by atoms with E-state index in [9.17, 15) is 19.7 Å². The van der Waals surface area contributed by atoms with Crippen LogP contribution in [0.4, 0.5) is 22.7 Å². The van der Waals surface area contributed by atoms with Gasteiger partial charge in [0, 0.05) is 62.3 Å². The molecule has 12 heteroatoms. The molecule has 4 rings (SSSR count). The maximum absolute atomic E-state index is 13.5. The van der Waals surface area contributed by atoms with Gasteiger partial charge in [0.2, 0.25) is 0 Å². The third-order valence-corrected chi connectivity index (χ3v) is 7.88. The summed E-state index contributed by atoms with van der Waals surface area (Å²) in [5, 5.41) is 17.0. The Morgan fingerprint density at radius 2 is 1.63 bits per heavy atom. The van der Waals surface area contributed by atoms with E-state index in [2.05, 4.69) is 39.2 Å². The first-order valence-electron chi connectivity index (χ1n) is 14.3. The van der Waals surface area contributed by atoms with Gasteiger partial charge in [-0.1, -0.05) is 37.6 Å². The number of carbonyl (C=O) groups is 2. The van der Waals surface area contributed by atoms with E-state index in [0.717, 1.165) is 55.9 Å². The number of nitro benzene ring substituents is 1. The Morgan fingerprint density at radius 3 is 2.28 bits per heavy atom. The highest BCUT2D eigenvalue weighted by atomic mass is 35.5. The zero-order valence-electron chi connectivity index (χ0n) is 24.6. The Kier molecular flexibility index (Phi) is 10.8. The first-order chi connectivity index (χ1) is 20.7. The SMILES string of the molecule is CCN(CC)CCNC(=O)c1cc(NC(=O)c2ccc(Cl)c([N+](=O)[O-])c2)ccc1N1CCN(c2ccccc2OC)CC1. The van der Waals surface area contributed by atoms with Crippen LogP contribution in [0.2, 0.25) is 5.02 Å². The molecule has 1 aliphatic heterocycles. The molecule has 11 nitrogen and oxygen atoms in total. The Morgan fingerprint density at radius 1 is 0.953 bits per heavy atom. The second-order valence-electron chi connectivity index (χ2n) is 10.0. The molecule has 0 atom stereocenters. The lowest BCUT2D eigenvalue weighted by Crippen LogP contribution is -2.47. The molecule has 1 aliphatic rings.